The molecule has 0 radical (unpaired) electrons. The minimum absolute atomic E-state index is 0.239. The molecule has 0 aromatic heterocycles. The van der Waals surface area contributed by atoms with Crippen molar-refractivity contribution in [2.75, 3.05) is 0 Å². The SMILES string of the molecule is CC(C)(C)OC(=O)NC(C(=O)O)c1ccc(Br)cc1Cl. The molecule has 0 heterocycles. The number of amides is 1. The third-order valence-electron chi connectivity index (χ3n) is 2.18. The summed E-state index contributed by atoms with van der Waals surface area (Å²) in [5.74, 6) is -1.22. The van der Waals surface area contributed by atoms with Gasteiger partial charge >= 0.3 is 12.1 Å². The number of benzene rings is 1. The van der Waals surface area contributed by atoms with E-state index in [1.807, 2.05) is 0 Å². The Hall–Kier alpha value is -1.27. The van der Waals surface area contributed by atoms with Crippen molar-refractivity contribution >= 4 is 39.6 Å². The number of carboxylic acids is 1. The first kappa shape index (κ1) is 16.8. The lowest BCUT2D eigenvalue weighted by molar-refractivity contribution is -0.139. The van der Waals surface area contributed by atoms with Gasteiger partial charge in [0, 0.05) is 15.1 Å². The van der Waals surface area contributed by atoms with Crippen molar-refractivity contribution in [2.45, 2.75) is 32.4 Å². The molecule has 1 amide bonds. The van der Waals surface area contributed by atoms with Gasteiger partial charge in [0.1, 0.15) is 5.60 Å². The Kier molecular flexibility index (Phi) is 5.42. The van der Waals surface area contributed by atoms with Crippen LogP contribution >= 0.6 is 27.5 Å². The van der Waals surface area contributed by atoms with E-state index in [0.717, 1.165) is 0 Å². The molecule has 0 aliphatic heterocycles. The Morgan fingerprint density at radius 2 is 2.00 bits per heavy atom. The van der Waals surface area contributed by atoms with Crippen LogP contribution in [0.5, 0.6) is 0 Å². The molecule has 0 aliphatic carbocycles. The number of carbonyl (C=O) groups is 2. The first-order valence-corrected chi connectivity index (χ1v) is 6.94. The molecule has 5 nitrogen and oxygen atoms in total. The Balaban J connectivity index is 2.96. The van der Waals surface area contributed by atoms with Gasteiger partial charge in [0.25, 0.3) is 0 Å². The number of carbonyl (C=O) groups excluding carboxylic acids is 1. The van der Waals surface area contributed by atoms with Gasteiger partial charge in [0.2, 0.25) is 0 Å². The summed E-state index contributed by atoms with van der Waals surface area (Å²) < 4.78 is 5.75. The average Bonchev–Trinajstić information content (AvgIpc) is 2.23. The van der Waals surface area contributed by atoms with Gasteiger partial charge in [-0.15, -0.1) is 0 Å². The van der Waals surface area contributed by atoms with Crippen LogP contribution in [0, 0.1) is 0 Å². The van der Waals surface area contributed by atoms with Gasteiger partial charge in [-0.1, -0.05) is 33.6 Å². The molecule has 0 spiro atoms. The zero-order valence-corrected chi connectivity index (χ0v) is 13.6. The minimum Gasteiger partial charge on any atom is -0.479 e. The third kappa shape index (κ3) is 5.02. The molecule has 0 bridgehead atoms. The van der Waals surface area contributed by atoms with Crippen molar-refractivity contribution in [3.63, 3.8) is 0 Å². The first-order chi connectivity index (χ1) is 9.10. The highest BCUT2D eigenvalue weighted by Gasteiger charge is 2.27. The van der Waals surface area contributed by atoms with E-state index in [2.05, 4.69) is 21.2 Å². The zero-order chi connectivity index (χ0) is 15.5. The summed E-state index contributed by atoms with van der Waals surface area (Å²) in [6.07, 6.45) is -0.816. The molecule has 0 saturated heterocycles. The van der Waals surface area contributed by atoms with Crippen molar-refractivity contribution in [3.05, 3.63) is 33.3 Å². The van der Waals surface area contributed by atoms with E-state index in [1.165, 1.54) is 6.07 Å². The van der Waals surface area contributed by atoms with E-state index in [4.69, 9.17) is 16.3 Å². The molecule has 110 valence electrons. The second kappa shape index (κ2) is 6.45. The quantitative estimate of drug-likeness (QED) is 0.856. The fourth-order valence-corrected chi connectivity index (χ4v) is 2.22. The van der Waals surface area contributed by atoms with Crippen LogP contribution in [-0.4, -0.2) is 22.8 Å². The normalized spacial score (nSPS) is 12.7. The van der Waals surface area contributed by atoms with Crippen LogP contribution < -0.4 is 5.32 Å². The molecule has 1 unspecified atom stereocenters. The predicted molar refractivity (Wildman–Crippen MR) is 78.9 cm³/mol. The number of aliphatic carboxylic acids is 1. The Bertz CT molecular complexity index is 528. The number of hydrogen-bond acceptors (Lipinski definition) is 3. The van der Waals surface area contributed by atoms with E-state index in [-0.39, 0.29) is 10.6 Å². The topological polar surface area (TPSA) is 75.6 Å². The zero-order valence-electron chi connectivity index (χ0n) is 11.2. The van der Waals surface area contributed by atoms with E-state index in [0.29, 0.717) is 4.47 Å². The molecule has 0 fully saturated rings. The van der Waals surface area contributed by atoms with Crippen LogP contribution in [0.2, 0.25) is 5.02 Å². The smallest absolute Gasteiger partial charge is 0.408 e. The molecular formula is C13H15BrClNO4. The van der Waals surface area contributed by atoms with E-state index in [9.17, 15) is 14.7 Å². The van der Waals surface area contributed by atoms with Crippen LogP contribution in [0.3, 0.4) is 0 Å². The van der Waals surface area contributed by atoms with Gasteiger partial charge in [-0.3, -0.25) is 0 Å². The highest BCUT2D eigenvalue weighted by molar-refractivity contribution is 9.10. The van der Waals surface area contributed by atoms with Crippen LogP contribution in [0.1, 0.15) is 32.4 Å². The van der Waals surface area contributed by atoms with Crippen LogP contribution in [0.4, 0.5) is 4.79 Å². The summed E-state index contributed by atoms with van der Waals surface area (Å²) in [5, 5.41) is 11.8. The lowest BCUT2D eigenvalue weighted by Crippen LogP contribution is -2.38. The Morgan fingerprint density at radius 3 is 2.45 bits per heavy atom. The molecule has 1 rings (SSSR count). The van der Waals surface area contributed by atoms with Crippen molar-refractivity contribution in [3.8, 4) is 0 Å². The summed E-state index contributed by atoms with van der Waals surface area (Å²) in [6, 6.07) is 3.46. The number of carboxylic acid groups (broad SMARTS) is 1. The van der Waals surface area contributed by atoms with Crippen molar-refractivity contribution in [2.24, 2.45) is 0 Å². The Morgan fingerprint density at radius 1 is 1.40 bits per heavy atom. The van der Waals surface area contributed by atoms with Gasteiger partial charge in [-0.25, -0.2) is 9.59 Å². The second-order valence-electron chi connectivity index (χ2n) is 5.08. The molecule has 2 N–H and O–H groups in total. The van der Waals surface area contributed by atoms with Gasteiger partial charge in [-0.2, -0.15) is 0 Å². The number of nitrogens with one attached hydrogen (secondary N) is 1. The second-order valence-corrected chi connectivity index (χ2v) is 6.41. The van der Waals surface area contributed by atoms with Crippen molar-refractivity contribution in [1.82, 2.24) is 5.32 Å². The molecule has 20 heavy (non-hydrogen) atoms. The summed E-state index contributed by atoms with van der Waals surface area (Å²) >= 11 is 9.23. The summed E-state index contributed by atoms with van der Waals surface area (Å²) in [5.41, 5.74) is -0.426. The monoisotopic (exact) mass is 363 g/mol. The molecule has 0 saturated carbocycles. The molecule has 7 heteroatoms. The summed E-state index contributed by atoms with van der Waals surface area (Å²) in [6.45, 7) is 5.07. The number of ether oxygens (including phenoxy) is 1. The molecule has 1 aromatic rings. The van der Waals surface area contributed by atoms with Crippen LogP contribution in [-0.2, 0) is 9.53 Å². The van der Waals surface area contributed by atoms with E-state index in [1.54, 1.807) is 32.9 Å². The molecular weight excluding hydrogens is 350 g/mol. The number of rotatable bonds is 3. The van der Waals surface area contributed by atoms with E-state index >= 15 is 0 Å². The molecule has 1 atom stereocenters. The molecule has 1 aromatic carbocycles. The van der Waals surface area contributed by atoms with Crippen molar-refractivity contribution < 1.29 is 19.4 Å². The average molecular weight is 365 g/mol. The number of alkyl carbamates (subject to hydrolysis) is 1. The van der Waals surface area contributed by atoms with Gasteiger partial charge in [0.05, 0.1) is 0 Å². The lowest BCUT2D eigenvalue weighted by Gasteiger charge is -2.22. The standard InChI is InChI=1S/C13H15BrClNO4/c1-13(2,3)20-12(19)16-10(11(17)18)8-5-4-7(14)6-9(8)15/h4-6,10H,1-3H3,(H,16,19)(H,17,18). The number of halogens is 2. The van der Waals surface area contributed by atoms with Crippen molar-refractivity contribution in [1.29, 1.82) is 0 Å². The van der Waals surface area contributed by atoms with Gasteiger partial charge in [-0.05, 0) is 32.9 Å². The first-order valence-electron chi connectivity index (χ1n) is 5.77. The maximum Gasteiger partial charge on any atom is 0.408 e. The maximum atomic E-state index is 11.7. The highest BCUT2D eigenvalue weighted by atomic mass is 79.9. The molecule has 0 aliphatic rings. The fourth-order valence-electron chi connectivity index (χ4n) is 1.43. The van der Waals surface area contributed by atoms with Gasteiger partial charge < -0.3 is 15.2 Å². The summed E-state index contributed by atoms with van der Waals surface area (Å²) in [4.78, 5) is 23.0. The fraction of sp³-hybridized carbons (Fsp3) is 0.385. The lowest BCUT2D eigenvalue weighted by atomic mass is 10.1. The predicted octanol–water partition coefficient (Wildman–Crippen LogP) is 3.75. The Labute approximate surface area is 130 Å². The minimum atomic E-state index is -1.27. The van der Waals surface area contributed by atoms with Gasteiger partial charge in [0.15, 0.2) is 6.04 Å². The third-order valence-corrected chi connectivity index (χ3v) is 3.00. The maximum absolute atomic E-state index is 11.7. The summed E-state index contributed by atoms with van der Waals surface area (Å²) in [7, 11) is 0. The van der Waals surface area contributed by atoms with E-state index < -0.39 is 23.7 Å². The van der Waals surface area contributed by atoms with Crippen LogP contribution in [0.15, 0.2) is 22.7 Å². The van der Waals surface area contributed by atoms with Crippen LogP contribution in [0.25, 0.3) is 0 Å². The number of hydrogen-bond donors (Lipinski definition) is 2. The largest absolute Gasteiger partial charge is 0.479 e. The highest BCUT2D eigenvalue weighted by Crippen LogP contribution is 2.27.